The van der Waals surface area contributed by atoms with Crippen LogP contribution < -0.4 is 11.1 Å². The Morgan fingerprint density at radius 2 is 2.00 bits per heavy atom. The van der Waals surface area contributed by atoms with Crippen molar-refractivity contribution in [2.24, 2.45) is 10.7 Å². The molecule has 1 heterocycles. The van der Waals surface area contributed by atoms with Gasteiger partial charge in [0.25, 0.3) is 5.91 Å². The molecule has 6 nitrogen and oxygen atoms in total. The van der Waals surface area contributed by atoms with Crippen molar-refractivity contribution in [2.75, 3.05) is 7.05 Å². The monoisotopic (exact) mass is 252 g/mol. The van der Waals surface area contributed by atoms with Crippen LogP contribution in [0.25, 0.3) is 0 Å². The molecule has 18 heavy (non-hydrogen) atoms. The van der Waals surface area contributed by atoms with Crippen LogP contribution in [-0.2, 0) is 9.59 Å². The third kappa shape index (κ3) is 2.80. The van der Waals surface area contributed by atoms with E-state index in [0.29, 0.717) is 24.8 Å². The highest BCUT2D eigenvalue weighted by Gasteiger charge is 2.31. The average molecular weight is 252 g/mol. The second-order valence-corrected chi connectivity index (χ2v) is 4.99. The Bertz CT molecular complexity index is 374. The Balaban J connectivity index is 1.94. The van der Waals surface area contributed by atoms with Gasteiger partial charge in [0.15, 0.2) is 5.96 Å². The van der Waals surface area contributed by atoms with Crippen molar-refractivity contribution in [1.29, 1.82) is 0 Å². The smallest absolute Gasteiger partial charge is 0.253 e. The summed E-state index contributed by atoms with van der Waals surface area (Å²) < 4.78 is 0. The van der Waals surface area contributed by atoms with Crippen molar-refractivity contribution in [2.45, 2.75) is 50.6 Å². The van der Waals surface area contributed by atoms with Gasteiger partial charge in [0.2, 0.25) is 5.91 Å². The summed E-state index contributed by atoms with van der Waals surface area (Å²) in [6.45, 7) is 0. The number of carbonyl (C=O) groups is 2. The van der Waals surface area contributed by atoms with Crippen LogP contribution in [0.3, 0.4) is 0 Å². The number of rotatable bonds is 2. The predicted octanol–water partition coefficient (Wildman–Crippen LogP) is -0.0193. The fourth-order valence-corrected chi connectivity index (χ4v) is 2.50. The van der Waals surface area contributed by atoms with Crippen LogP contribution in [0.5, 0.6) is 0 Å². The fraction of sp³-hybridized carbons (Fsp3) is 0.750. The minimum Gasteiger partial charge on any atom is -0.370 e. The third-order valence-corrected chi connectivity index (χ3v) is 3.62. The number of imide groups is 1. The number of aliphatic imine (C=N–C) groups is 1. The van der Waals surface area contributed by atoms with E-state index >= 15 is 0 Å². The number of nitrogens with one attached hydrogen (secondary N) is 1. The normalized spacial score (nSPS) is 26.8. The summed E-state index contributed by atoms with van der Waals surface area (Å²) in [5.41, 5.74) is 5.81. The number of likely N-dealkylation sites (tertiary alicyclic amines) is 1. The number of carbonyl (C=O) groups excluding carboxylic acids is 2. The zero-order chi connectivity index (χ0) is 13.1. The number of hydrogen-bond acceptors (Lipinski definition) is 3. The molecule has 6 heteroatoms. The van der Waals surface area contributed by atoms with Crippen LogP contribution in [0.15, 0.2) is 4.99 Å². The lowest BCUT2D eigenvalue weighted by atomic mass is 10.1. The molecule has 2 aliphatic rings. The standard InChI is InChI=1S/C12H20N4O2/c1-16-10(17)7-6-9(11(16)18)15-12(13)14-8-4-2-3-5-8/h8-9H,2-7H2,1H3,(H3,13,14,15). The first kappa shape index (κ1) is 12.9. The molecule has 1 aliphatic heterocycles. The largest absolute Gasteiger partial charge is 0.370 e. The van der Waals surface area contributed by atoms with Gasteiger partial charge in [0.05, 0.1) is 0 Å². The van der Waals surface area contributed by atoms with Gasteiger partial charge in [0, 0.05) is 19.5 Å². The molecule has 2 rings (SSSR count). The number of hydrogen-bond donors (Lipinski definition) is 2. The number of amides is 2. The Morgan fingerprint density at radius 1 is 1.33 bits per heavy atom. The molecule has 2 amide bonds. The Kier molecular flexibility index (Phi) is 3.84. The molecule has 0 aromatic carbocycles. The van der Waals surface area contributed by atoms with Gasteiger partial charge in [-0.15, -0.1) is 0 Å². The van der Waals surface area contributed by atoms with Crippen LogP contribution in [0.4, 0.5) is 0 Å². The van der Waals surface area contributed by atoms with Crippen LogP contribution in [0.2, 0.25) is 0 Å². The van der Waals surface area contributed by atoms with Gasteiger partial charge in [0.1, 0.15) is 6.04 Å². The lowest BCUT2D eigenvalue weighted by molar-refractivity contribution is -0.147. The lowest BCUT2D eigenvalue weighted by Gasteiger charge is -2.25. The molecule has 2 fully saturated rings. The Morgan fingerprint density at radius 3 is 2.67 bits per heavy atom. The maximum atomic E-state index is 11.8. The van der Waals surface area contributed by atoms with E-state index in [1.54, 1.807) is 0 Å². The molecule has 0 bridgehead atoms. The van der Waals surface area contributed by atoms with E-state index in [0.717, 1.165) is 17.7 Å². The molecule has 1 saturated heterocycles. The van der Waals surface area contributed by atoms with Crippen LogP contribution in [0.1, 0.15) is 38.5 Å². The number of nitrogens with zero attached hydrogens (tertiary/aromatic N) is 2. The van der Waals surface area contributed by atoms with E-state index in [1.807, 2.05) is 0 Å². The average Bonchev–Trinajstić information content (AvgIpc) is 2.83. The predicted molar refractivity (Wildman–Crippen MR) is 67.8 cm³/mol. The second kappa shape index (κ2) is 5.37. The first-order chi connectivity index (χ1) is 8.58. The van der Waals surface area contributed by atoms with E-state index < -0.39 is 6.04 Å². The van der Waals surface area contributed by atoms with Crippen molar-refractivity contribution < 1.29 is 9.59 Å². The zero-order valence-electron chi connectivity index (χ0n) is 10.7. The minimum atomic E-state index is -0.512. The third-order valence-electron chi connectivity index (χ3n) is 3.62. The first-order valence-corrected chi connectivity index (χ1v) is 6.48. The van der Waals surface area contributed by atoms with Gasteiger partial charge in [-0.3, -0.25) is 14.5 Å². The molecule has 1 unspecified atom stereocenters. The molecule has 0 aromatic rings. The Labute approximate surface area is 107 Å². The van der Waals surface area contributed by atoms with Crippen LogP contribution in [-0.4, -0.2) is 41.8 Å². The summed E-state index contributed by atoms with van der Waals surface area (Å²) in [4.78, 5) is 28.5. The lowest BCUT2D eigenvalue weighted by Crippen LogP contribution is -2.47. The van der Waals surface area contributed by atoms with Gasteiger partial charge in [-0.05, 0) is 19.3 Å². The highest BCUT2D eigenvalue weighted by atomic mass is 16.2. The molecule has 0 aromatic heterocycles. The summed E-state index contributed by atoms with van der Waals surface area (Å²) in [5.74, 6) is -0.0841. The van der Waals surface area contributed by atoms with Gasteiger partial charge < -0.3 is 11.1 Å². The fourth-order valence-electron chi connectivity index (χ4n) is 2.50. The van der Waals surface area contributed by atoms with E-state index in [2.05, 4.69) is 10.3 Å². The highest BCUT2D eigenvalue weighted by molar-refractivity contribution is 6.01. The molecular formula is C12H20N4O2. The maximum absolute atomic E-state index is 11.8. The van der Waals surface area contributed by atoms with Gasteiger partial charge in [-0.2, -0.15) is 0 Å². The Hall–Kier alpha value is -1.59. The number of nitrogens with two attached hydrogens (primary N) is 1. The van der Waals surface area contributed by atoms with Gasteiger partial charge in [-0.25, -0.2) is 4.99 Å². The van der Waals surface area contributed by atoms with Gasteiger partial charge >= 0.3 is 0 Å². The molecule has 0 spiro atoms. The van der Waals surface area contributed by atoms with E-state index in [1.165, 1.54) is 19.9 Å². The summed E-state index contributed by atoms with van der Waals surface area (Å²) in [7, 11) is 1.49. The molecule has 3 N–H and O–H groups in total. The first-order valence-electron chi connectivity index (χ1n) is 6.48. The highest BCUT2D eigenvalue weighted by Crippen LogP contribution is 2.18. The zero-order valence-corrected chi connectivity index (χ0v) is 10.7. The molecule has 0 radical (unpaired) electrons. The van der Waals surface area contributed by atoms with Crippen molar-refractivity contribution in [3.8, 4) is 0 Å². The van der Waals surface area contributed by atoms with Gasteiger partial charge in [-0.1, -0.05) is 12.8 Å². The van der Waals surface area contributed by atoms with Crippen molar-refractivity contribution in [1.82, 2.24) is 10.2 Å². The maximum Gasteiger partial charge on any atom is 0.253 e. The molecule has 1 aliphatic carbocycles. The van der Waals surface area contributed by atoms with Crippen molar-refractivity contribution in [3.05, 3.63) is 0 Å². The summed E-state index contributed by atoms with van der Waals surface area (Å²) in [6, 6.07) is -0.131. The summed E-state index contributed by atoms with van der Waals surface area (Å²) in [6.07, 6.45) is 5.44. The molecule has 1 atom stereocenters. The van der Waals surface area contributed by atoms with Crippen LogP contribution in [0, 0.1) is 0 Å². The number of piperidine rings is 1. The molecular weight excluding hydrogens is 232 g/mol. The van der Waals surface area contributed by atoms with Crippen molar-refractivity contribution in [3.63, 3.8) is 0 Å². The number of likely N-dealkylation sites (N-methyl/N-ethyl adjacent to an activating group) is 1. The topological polar surface area (TPSA) is 87.8 Å². The van der Waals surface area contributed by atoms with E-state index in [9.17, 15) is 9.59 Å². The summed E-state index contributed by atoms with van der Waals surface area (Å²) in [5, 5.41) is 3.14. The van der Waals surface area contributed by atoms with Crippen LogP contribution >= 0.6 is 0 Å². The van der Waals surface area contributed by atoms with E-state index in [4.69, 9.17) is 5.73 Å². The second-order valence-electron chi connectivity index (χ2n) is 4.99. The molecule has 1 saturated carbocycles. The van der Waals surface area contributed by atoms with Crippen molar-refractivity contribution >= 4 is 17.8 Å². The quantitative estimate of drug-likeness (QED) is 0.411. The van der Waals surface area contributed by atoms with E-state index in [-0.39, 0.29) is 11.8 Å². The summed E-state index contributed by atoms with van der Waals surface area (Å²) >= 11 is 0. The minimum absolute atomic E-state index is 0.145. The SMILES string of the molecule is CN1C(=O)CCC(N=C(N)NC2CCCC2)C1=O. The number of guanidine groups is 1. The molecule has 100 valence electrons.